The molecule has 4 rings (SSSR count). The van der Waals surface area contributed by atoms with E-state index in [1.54, 1.807) is 4.90 Å². The zero-order chi connectivity index (χ0) is 17.1. The van der Waals surface area contributed by atoms with Gasteiger partial charge in [-0.25, -0.2) is 4.79 Å². The summed E-state index contributed by atoms with van der Waals surface area (Å²) in [5.41, 5.74) is 2.36. The van der Waals surface area contributed by atoms with E-state index in [-0.39, 0.29) is 12.2 Å². The van der Waals surface area contributed by atoms with Gasteiger partial charge in [0.2, 0.25) is 0 Å². The molecule has 1 amide bonds. The van der Waals surface area contributed by atoms with E-state index in [1.165, 1.54) is 18.4 Å². The monoisotopic (exact) mass is 336 g/mol. The maximum absolute atomic E-state index is 12.1. The Labute approximate surface area is 149 Å². The highest BCUT2D eigenvalue weighted by atomic mass is 16.6. The summed E-state index contributed by atoms with van der Waals surface area (Å²) in [5, 5.41) is 0. The fourth-order valence-electron chi connectivity index (χ4n) is 3.90. The third-order valence-electron chi connectivity index (χ3n) is 5.26. The van der Waals surface area contributed by atoms with Crippen LogP contribution in [0.2, 0.25) is 0 Å². The van der Waals surface area contributed by atoms with Crippen molar-refractivity contribution in [2.75, 3.05) is 31.1 Å². The van der Waals surface area contributed by atoms with E-state index in [0.29, 0.717) is 12.5 Å². The second-order valence-electron chi connectivity index (χ2n) is 6.94. The average Bonchev–Trinajstić information content (AvgIpc) is 3.04. The number of piperidine rings is 1. The number of ether oxygens (including phenoxy) is 1. The van der Waals surface area contributed by atoms with E-state index in [2.05, 4.69) is 35.2 Å². The zero-order valence-electron chi connectivity index (χ0n) is 14.4. The highest BCUT2D eigenvalue weighted by molar-refractivity contribution is 5.89. The van der Waals surface area contributed by atoms with Crippen molar-refractivity contribution < 1.29 is 9.53 Å². The molecule has 0 aromatic heterocycles. The third-order valence-corrected chi connectivity index (χ3v) is 5.26. The number of hydrogen-bond donors (Lipinski definition) is 0. The third kappa shape index (κ3) is 3.69. The fraction of sp³-hybridized carbons (Fsp3) is 0.381. The Kier molecular flexibility index (Phi) is 4.70. The molecular formula is C21H24N2O2. The molecular weight excluding hydrogens is 312 g/mol. The van der Waals surface area contributed by atoms with Crippen molar-refractivity contribution in [1.29, 1.82) is 0 Å². The topological polar surface area (TPSA) is 32.8 Å². The van der Waals surface area contributed by atoms with Gasteiger partial charge in [0.05, 0.1) is 6.54 Å². The summed E-state index contributed by atoms with van der Waals surface area (Å²) < 4.78 is 5.59. The summed E-state index contributed by atoms with van der Waals surface area (Å²) >= 11 is 0. The first-order valence-electron chi connectivity index (χ1n) is 9.10. The van der Waals surface area contributed by atoms with Crippen molar-refractivity contribution in [2.45, 2.75) is 24.9 Å². The maximum atomic E-state index is 12.1. The molecule has 130 valence electrons. The highest BCUT2D eigenvalue weighted by Crippen LogP contribution is 2.28. The number of benzene rings is 2. The molecule has 2 aliphatic heterocycles. The molecule has 25 heavy (non-hydrogen) atoms. The number of anilines is 1. The number of likely N-dealkylation sites (tertiary alicyclic amines) is 1. The Morgan fingerprint density at radius 2 is 1.56 bits per heavy atom. The standard InChI is InChI=1S/C21H24N2O2/c24-21-23(19-9-5-2-6-10-19)16-20(25-21)15-22-13-11-18(12-14-22)17-7-3-1-4-8-17/h1-10,18,20H,11-16H2. The number of para-hydroxylation sites is 1. The van der Waals surface area contributed by atoms with Crippen molar-refractivity contribution in [1.82, 2.24) is 4.90 Å². The van der Waals surface area contributed by atoms with Crippen LogP contribution in [0, 0.1) is 0 Å². The van der Waals surface area contributed by atoms with E-state index >= 15 is 0 Å². The van der Waals surface area contributed by atoms with Gasteiger partial charge < -0.3 is 4.74 Å². The molecule has 1 atom stereocenters. The van der Waals surface area contributed by atoms with Gasteiger partial charge in [0.15, 0.2) is 0 Å². The van der Waals surface area contributed by atoms with Crippen molar-refractivity contribution in [2.24, 2.45) is 0 Å². The minimum absolute atomic E-state index is 0.0408. The second-order valence-corrected chi connectivity index (χ2v) is 6.94. The molecule has 4 nitrogen and oxygen atoms in total. The van der Waals surface area contributed by atoms with Crippen LogP contribution in [-0.4, -0.2) is 43.3 Å². The molecule has 2 saturated heterocycles. The molecule has 1 unspecified atom stereocenters. The van der Waals surface area contributed by atoms with Crippen LogP contribution in [0.15, 0.2) is 60.7 Å². The number of carbonyl (C=O) groups excluding carboxylic acids is 1. The molecule has 4 heteroatoms. The van der Waals surface area contributed by atoms with Crippen molar-refractivity contribution in [3.05, 3.63) is 66.2 Å². The Morgan fingerprint density at radius 1 is 0.920 bits per heavy atom. The summed E-state index contributed by atoms with van der Waals surface area (Å²) in [7, 11) is 0. The van der Waals surface area contributed by atoms with Crippen LogP contribution in [0.3, 0.4) is 0 Å². The lowest BCUT2D eigenvalue weighted by Crippen LogP contribution is -2.39. The van der Waals surface area contributed by atoms with Gasteiger partial charge in [0.25, 0.3) is 0 Å². The highest BCUT2D eigenvalue weighted by Gasteiger charge is 2.34. The predicted molar refractivity (Wildman–Crippen MR) is 98.9 cm³/mol. The lowest BCUT2D eigenvalue weighted by molar-refractivity contribution is 0.0976. The number of nitrogens with zero attached hydrogens (tertiary/aromatic N) is 2. The molecule has 2 fully saturated rings. The fourth-order valence-corrected chi connectivity index (χ4v) is 3.90. The molecule has 0 bridgehead atoms. The van der Waals surface area contributed by atoms with Crippen LogP contribution in [0.1, 0.15) is 24.3 Å². The smallest absolute Gasteiger partial charge is 0.414 e. The minimum Gasteiger partial charge on any atom is -0.443 e. The predicted octanol–water partition coefficient (Wildman–Crippen LogP) is 3.89. The van der Waals surface area contributed by atoms with Gasteiger partial charge in [-0.1, -0.05) is 48.5 Å². The summed E-state index contributed by atoms with van der Waals surface area (Å²) in [6.45, 7) is 3.61. The van der Waals surface area contributed by atoms with Gasteiger partial charge in [-0.2, -0.15) is 0 Å². The quantitative estimate of drug-likeness (QED) is 0.849. The normalized spacial score (nSPS) is 22.2. The second kappa shape index (κ2) is 7.28. The van der Waals surface area contributed by atoms with Crippen molar-refractivity contribution in [3.8, 4) is 0 Å². The molecule has 0 N–H and O–H groups in total. The molecule has 0 aliphatic carbocycles. The first-order chi connectivity index (χ1) is 12.3. The first-order valence-corrected chi connectivity index (χ1v) is 9.10. The van der Waals surface area contributed by atoms with E-state index in [4.69, 9.17) is 4.74 Å². The molecule has 2 aromatic rings. The summed E-state index contributed by atoms with van der Waals surface area (Å²) in [6.07, 6.45) is 2.08. The summed E-state index contributed by atoms with van der Waals surface area (Å²) in [6, 6.07) is 20.5. The van der Waals surface area contributed by atoms with E-state index in [1.807, 2.05) is 30.3 Å². The van der Waals surface area contributed by atoms with E-state index < -0.39 is 0 Å². The molecule has 0 radical (unpaired) electrons. The first kappa shape index (κ1) is 16.2. The van der Waals surface area contributed by atoms with Crippen molar-refractivity contribution >= 4 is 11.8 Å². The van der Waals surface area contributed by atoms with Gasteiger partial charge >= 0.3 is 6.09 Å². The van der Waals surface area contributed by atoms with Crippen LogP contribution in [0.5, 0.6) is 0 Å². The molecule has 2 heterocycles. The van der Waals surface area contributed by atoms with Crippen molar-refractivity contribution in [3.63, 3.8) is 0 Å². The molecule has 2 aliphatic rings. The van der Waals surface area contributed by atoms with Crippen LogP contribution in [0.4, 0.5) is 10.5 Å². The van der Waals surface area contributed by atoms with Crippen LogP contribution in [-0.2, 0) is 4.74 Å². The van der Waals surface area contributed by atoms with Gasteiger partial charge in [-0.3, -0.25) is 9.80 Å². The Balaban J connectivity index is 1.30. The van der Waals surface area contributed by atoms with Gasteiger partial charge in [0, 0.05) is 12.2 Å². The minimum atomic E-state index is -0.227. The lowest BCUT2D eigenvalue weighted by Gasteiger charge is -2.33. The van der Waals surface area contributed by atoms with Crippen LogP contribution in [0.25, 0.3) is 0 Å². The van der Waals surface area contributed by atoms with Crippen LogP contribution < -0.4 is 4.90 Å². The van der Waals surface area contributed by atoms with Gasteiger partial charge in [0.1, 0.15) is 6.10 Å². The number of cyclic esters (lactones) is 1. The number of amides is 1. The maximum Gasteiger partial charge on any atom is 0.414 e. The Hall–Kier alpha value is -2.33. The summed E-state index contributed by atoms with van der Waals surface area (Å²) in [4.78, 5) is 16.3. The number of hydrogen-bond acceptors (Lipinski definition) is 3. The van der Waals surface area contributed by atoms with E-state index in [9.17, 15) is 4.79 Å². The number of carbonyl (C=O) groups is 1. The molecule has 0 spiro atoms. The van der Waals surface area contributed by atoms with E-state index in [0.717, 1.165) is 25.3 Å². The average molecular weight is 336 g/mol. The number of rotatable bonds is 4. The van der Waals surface area contributed by atoms with Gasteiger partial charge in [-0.05, 0) is 49.5 Å². The SMILES string of the molecule is O=C1OC(CN2CCC(c3ccccc3)CC2)CN1c1ccccc1. The summed E-state index contributed by atoms with van der Waals surface area (Å²) in [5.74, 6) is 0.657. The molecule has 0 saturated carbocycles. The largest absolute Gasteiger partial charge is 0.443 e. The lowest BCUT2D eigenvalue weighted by atomic mass is 9.89. The van der Waals surface area contributed by atoms with Crippen LogP contribution >= 0.6 is 0 Å². The molecule has 2 aromatic carbocycles. The zero-order valence-corrected chi connectivity index (χ0v) is 14.4. The Morgan fingerprint density at radius 3 is 2.24 bits per heavy atom. The Bertz CT molecular complexity index is 696. The van der Waals surface area contributed by atoms with Gasteiger partial charge in [-0.15, -0.1) is 0 Å².